The number of rotatable bonds is 3. The number of phenols is 3. The van der Waals surface area contributed by atoms with Crippen molar-refractivity contribution in [1.29, 1.82) is 0 Å². The maximum absolute atomic E-state index is 9.35. The molecule has 0 unspecified atom stereocenters. The summed E-state index contributed by atoms with van der Waals surface area (Å²) in [7, 11) is 1.66. The van der Waals surface area contributed by atoms with Gasteiger partial charge in [0.05, 0.1) is 6.21 Å². The fourth-order valence-electron chi connectivity index (χ4n) is 1.36. The van der Waals surface area contributed by atoms with Gasteiger partial charge in [-0.15, -0.1) is 0 Å². The van der Waals surface area contributed by atoms with E-state index >= 15 is 0 Å². The van der Waals surface area contributed by atoms with Gasteiger partial charge in [0.1, 0.15) is 0 Å². The molecule has 0 aliphatic rings. The van der Waals surface area contributed by atoms with Crippen molar-refractivity contribution in [3.63, 3.8) is 0 Å². The highest BCUT2D eigenvalue weighted by atomic mass is 16.3. The molecule has 0 aliphatic heterocycles. The van der Waals surface area contributed by atoms with Crippen molar-refractivity contribution < 1.29 is 15.3 Å². The normalized spacial score (nSPS) is 10.8. The molecule has 0 spiro atoms. The van der Waals surface area contributed by atoms with E-state index in [2.05, 4.69) is 15.1 Å². The number of anilines is 1. The Labute approximate surface area is 109 Å². The van der Waals surface area contributed by atoms with E-state index in [0.717, 1.165) is 0 Å². The predicted octanol–water partition coefficient (Wildman–Crippen LogP) is 1.06. The van der Waals surface area contributed by atoms with Crippen molar-refractivity contribution in [1.82, 2.24) is 9.97 Å². The Bertz CT molecular complexity index is 578. The van der Waals surface area contributed by atoms with Crippen molar-refractivity contribution in [3.05, 3.63) is 36.2 Å². The molecule has 0 saturated heterocycles. The van der Waals surface area contributed by atoms with E-state index in [1.807, 2.05) is 0 Å². The number of aromatic nitrogens is 2. The van der Waals surface area contributed by atoms with E-state index in [1.165, 1.54) is 23.4 Å². The molecular formula is C12H12N4O3. The molecule has 2 rings (SSSR count). The molecule has 7 nitrogen and oxygen atoms in total. The third-order valence-electron chi connectivity index (χ3n) is 2.31. The second-order valence-electron chi connectivity index (χ2n) is 3.72. The van der Waals surface area contributed by atoms with Crippen LogP contribution in [0.15, 0.2) is 35.7 Å². The second kappa shape index (κ2) is 5.21. The van der Waals surface area contributed by atoms with Gasteiger partial charge in [-0.05, 0) is 18.2 Å². The quantitative estimate of drug-likeness (QED) is 0.433. The van der Waals surface area contributed by atoms with Gasteiger partial charge in [0.15, 0.2) is 17.2 Å². The molecule has 0 atom stereocenters. The van der Waals surface area contributed by atoms with Crippen LogP contribution in [0.5, 0.6) is 17.2 Å². The summed E-state index contributed by atoms with van der Waals surface area (Å²) in [6, 6.07) is 4.24. The van der Waals surface area contributed by atoms with Crippen LogP contribution in [0.1, 0.15) is 5.56 Å². The molecule has 7 heteroatoms. The number of hydrogen-bond donors (Lipinski definition) is 3. The maximum atomic E-state index is 9.35. The van der Waals surface area contributed by atoms with Gasteiger partial charge in [0, 0.05) is 25.0 Å². The summed E-state index contributed by atoms with van der Waals surface area (Å²) in [4.78, 5) is 8.00. The van der Waals surface area contributed by atoms with E-state index in [4.69, 9.17) is 0 Å². The summed E-state index contributed by atoms with van der Waals surface area (Å²) in [6.07, 6.45) is 4.58. The Balaban J connectivity index is 2.19. The van der Waals surface area contributed by atoms with Crippen LogP contribution in [0, 0.1) is 0 Å². The first-order chi connectivity index (χ1) is 9.08. The molecule has 1 aromatic heterocycles. The van der Waals surface area contributed by atoms with Gasteiger partial charge in [-0.3, -0.25) is 0 Å². The summed E-state index contributed by atoms with van der Waals surface area (Å²) in [5.74, 6) is -0.983. The summed E-state index contributed by atoms with van der Waals surface area (Å²) in [5, 5.41) is 33.4. The van der Waals surface area contributed by atoms with E-state index in [-0.39, 0.29) is 0 Å². The Kier molecular flexibility index (Phi) is 3.46. The maximum Gasteiger partial charge on any atom is 0.245 e. The highest BCUT2D eigenvalue weighted by Crippen LogP contribution is 2.34. The number of nitrogens with zero attached hydrogens (tertiary/aromatic N) is 4. The van der Waals surface area contributed by atoms with Crippen LogP contribution in [0.2, 0.25) is 0 Å². The van der Waals surface area contributed by atoms with Crippen LogP contribution in [-0.4, -0.2) is 38.5 Å². The van der Waals surface area contributed by atoms with Crippen LogP contribution >= 0.6 is 0 Å². The largest absolute Gasteiger partial charge is 0.504 e. The zero-order chi connectivity index (χ0) is 13.8. The van der Waals surface area contributed by atoms with Crippen molar-refractivity contribution >= 4 is 12.2 Å². The molecule has 0 bridgehead atoms. The highest BCUT2D eigenvalue weighted by Gasteiger charge is 2.07. The molecule has 98 valence electrons. The third kappa shape index (κ3) is 2.89. The van der Waals surface area contributed by atoms with Gasteiger partial charge >= 0.3 is 0 Å². The summed E-state index contributed by atoms with van der Waals surface area (Å²) >= 11 is 0. The summed E-state index contributed by atoms with van der Waals surface area (Å²) in [5.41, 5.74) is 0.426. The van der Waals surface area contributed by atoms with Gasteiger partial charge in [0.2, 0.25) is 5.95 Å². The number of benzene rings is 1. The molecule has 0 fully saturated rings. The highest BCUT2D eigenvalue weighted by molar-refractivity contribution is 5.82. The Morgan fingerprint density at radius 1 is 1.11 bits per heavy atom. The van der Waals surface area contributed by atoms with Crippen LogP contribution in [0.4, 0.5) is 5.95 Å². The van der Waals surface area contributed by atoms with E-state index in [9.17, 15) is 15.3 Å². The first kappa shape index (κ1) is 12.6. The lowest BCUT2D eigenvalue weighted by Gasteiger charge is -2.09. The topological polar surface area (TPSA) is 102 Å². The van der Waals surface area contributed by atoms with Crippen LogP contribution in [0.25, 0.3) is 0 Å². The minimum Gasteiger partial charge on any atom is -0.504 e. The first-order valence-corrected chi connectivity index (χ1v) is 5.37. The molecule has 0 radical (unpaired) electrons. The lowest BCUT2D eigenvalue weighted by atomic mass is 10.2. The zero-order valence-electron chi connectivity index (χ0n) is 10.1. The second-order valence-corrected chi connectivity index (χ2v) is 3.72. The molecule has 0 saturated carbocycles. The van der Waals surface area contributed by atoms with Crippen molar-refractivity contribution in [2.75, 3.05) is 12.1 Å². The van der Waals surface area contributed by atoms with Crippen molar-refractivity contribution in [3.8, 4) is 17.2 Å². The minimum atomic E-state index is -0.558. The third-order valence-corrected chi connectivity index (χ3v) is 2.31. The fourth-order valence-corrected chi connectivity index (χ4v) is 1.36. The number of hydrogen-bond acceptors (Lipinski definition) is 7. The SMILES string of the molecule is CN(N=Cc1cc(O)c(O)c(O)c1)c1ncccn1. The predicted molar refractivity (Wildman–Crippen MR) is 69.5 cm³/mol. The van der Waals surface area contributed by atoms with Gasteiger partial charge in [-0.25, -0.2) is 15.0 Å². The molecule has 19 heavy (non-hydrogen) atoms. The lowest BCUT2D eigenvalue weighted by Crippen LogP contribution is -2.12. The zero-order valence-corrected chi connectivity index (χ0v) is 10.1. The minimum absolute atomic E-state index is 0.408. The summed E-state index contributed by atoms with van der Waals surface area (Å²) in [6.45, 7) is 0. The molecular weight excluding hydrogens is 248 g/mol. The lowest BCUT2D eigenvalue weighted by molar-refractivity contribution is 0.368. The average molecular weight is 260 g/mol. The first-order valence-electron chi connectivity index (χ1n) is 5.37. The van der Waals surface area contributed by atoms with Gasteiger partial charge < -0.3 is 15.3 Å². The van der Waals surface area contributed by atoms with E-state index in [1.54, 1.807) is 25.5 Å². The molecule has 0 amide bonds. The van der Waals surface area contributed by atoms with Crippen LogP contribution in [-0.2, 0) is 0 Å². The smallest absolute Gasteiger partial charge is 0.245 e. The standard InChI is InChI=1S/C12H12N4O3/c1-16(12-13-3-2-4-14-12)15-7-8-5-9(17)11(19)10(18)6-8/h2-7,17-19H,1H3. The van der Waals surface area contributed by atoms with Gasteiger partial charge in [-0.2, -0.15) is 5.10 Å². The number of aromatic hydroxyl groups is 3. The van der Waals surface area contributed by atoms with Gasteiger partial charge in [-0.1, -0.05) is 0 Å². The van der Waals surface area contributed by atoms with E-state index < -0.39 is 17.2 Å². The molecule has 1 aromatic carbocycles. The Morgan fingerprint density at radius 2 is 1.68 bits per heavy atom. The van der Waals surface area contributed by atoms with Crippen LogP contribution < -0.4 is 5.01 Å². The van der Waals surface area contributed by atoms with Crippen LogP contribution in [0.3, 0.4) is 0 Å². The Hall–Kier alpha value is -2.83. The molecule has 3 N–H and O–H groups in total. The Morgan fingerprint density at radius 3 is 2.26 bits per heavy atom. The fraction of sp³-hybridized carbons (Fsp3) is 0.0833. The molecule has 0 aliphatic carbocycles. The van der Waals surface area contributed by atoms with Crippen molar-refractivity contribution in [2.45, 2.75) is 0 Å². The van der Waals surface area contributed by atoms with E-state index in [0.29, 0.717) is 11.5 Å². The molecule has 2 aromatic rings. The summed E-state index contributed by atoms with van der Waals surface area (Å²) < 4.78 is 0. The van der Waals surface area contributed by atoms with Gasteiger partial charge in [0.25, 0.3) is 0 Å². The average Bonchev–Trinajstić information content (AvgIpc) is 2.43. The molecule has 1 heterocycles. The van der Waals surface area contributed by atoms with Crippen molar-refractivity contribution in [2.24, 2.45) is 5.10 Å². The number of hydrazone groups is 1. The number of phenolic OH excluding ortho intramolecular Hbond substituents is 3. The monoisotopic (exact) mass is 260 g/mol.